The first-order chi connectivity index (χ1) is 11.6. The molecule has 0 atom stereocenters. The van der Waals surface area contributed by atoms with Gasteiger partial charge >= 0.3 is 0 Å². The minimum absolute atomic E-state index is 0.00312. The van der Waals surface area contributed by atoms with Crippen molar-refractivity contribution in [3.05, 3.63) is 62.0 Å². The largest absolute Gasteiger partial charge is 0.313 e. The smallest absolute Gasteiger partial charge is 0.269 e. The Morgan fingerprint density at radius 2 is 2.08 bits per heavy atom. The molecule has 0 unspecified atom stereocenters. The van der Waals surface area contributed by atoms with Crippen LogP contribution in [0.5, 0.6) is 0 Å². The number of thiophene rings is 1. The molecule has 0 bridgehead atoms. The number of non-ortho nitro benzene ring substituents is 1. The number of nitro benzene ring substituents is 1. The van der Waals surface area contributed by atoms with Crippen molar-refractivity contribution < 1.29 is 9.72 Å². The molecular formula is C17H13N3O3S. The van der Waals surface area contributed by atoms with Crippen molar-refractivity contribution in [1.82, 2.24) is 0 Å². The number of nitrogens with one attached hydrogen (secondary N) is 1. The average Bonchev–Trinajstić information content (AvgIpc) is 3.13. The number of fused-ring (bicyclic) bond motifs is 1. The second-order valence-corrected chi connectivity index (χ2v) is 6.45. The lowest BCUT2D eigenvalue weighted by atomic mass is 10.1. The number of benzene rings is 1. The highest BCUT2D eigenvalue weighted by atomic mass is 32.1. The van der Waals surface area contributed by atoms with Gasteiger partial charge in [0.1, 0.15) is 11.1 Å². The van der Waals surface area contributed by atoms with Crippen LogP contribution in [0.2, 0.25) is 0 Å². The van der Waals surface area contributed by atoms with Gasteiger partial charge in [-0.1, -0.05) is 0 Å². The minimum Gasteiger partial charge on any atom is -0.313 e. The number of nitro groups is 1. The summed E-state index contributed by atoms with van der Waals surface area (Å²) in [4.78, 5) is 23.4. The molecule has 1 N–H and O–H groups in total. The molecule has 2 aromatic rings. The van der Waals surface area contributed by atoms with E-state index >= 15 is 0 Å². The van der Waals surface area contributed by atoms with Crippen molar-refractivity contribution in [3.63, 3.8) is 0 Å². The summed E-state index contributed by atoms with van der Waals surface area (Å²) >= 11 is 1.47. The monoisotopic (exact) mass is 339 g/mol. The van der Waals surface area contributed by atoms with E-state index in [1.165, 1.54) is 34.4 Å². The zero-order chi connectivity index (χ0) is 17.1. The molecule has 1 amide bonds. The van der Waals surface area contributed by atoms with Gasteiger partial charge in [-0.2, -0.15) is 5.26 Å². The maximum absolute atomic E-state index is 12.0. The van der Waals surface area contributed by atoms with Gasteiger partial charge in [-0.05, 0) is 48.6 Å². The maximum atomic E-state index is 12.0. The number of nitriles is 1. The predicted octanol–water partition coefficient (Wildman–Crippen LogP) is 3.67. The van der Waals surface area contributed by atoms with Gasteiger partial charge in [-0.15, -0.1) is 11.3 Å². The molecule has 6 nitrogen and oxygen atoms in total. The fourth-order valence-electron chi connectivity index (χ4n) is 2.64. The van der Waals surface area contributed by atoms with E-state index in [1.807, 2.05) is 0 Å². The maximum Gasteiger partial charge on any atom is 0.269 e. The zero-order valence-corrected chi connectivity index (χ0v) is 13.4. The summed E-state index contributed by atoms with van der Waals surface area (Å²) in [5.74, 6) is -0.329. The van der Waals surface area contributed by atoms with Crippen LogP contribution in [0.1, 0.15) is 28.0 Å². The molecular weight excluding hydrogens is 326 g/mol. The first-order valence-corrected chi connectivity index (χ1v) is 8.18. The first-order valence-electron chi connectivity index (χ1n) is 7.36. The van der Waals surface area contributed by atoms with Crippen LogP contribution in [0.3, 0.4) is 0 Å². The van der Waals surface area contributed by atoms with Gasteiger partial charge in [-0.25, -0.2) is 0 Å². The average molecular weight is 339 g/mol. The van der Waals surface area contributed by atoms with E-state index in [9.17, 15) is 20.2 Å². The van der Waals surface area contributed by atoms with Crippen LogP contribution in [-0.4, -0.2) is 10.8 Å². The lowest BCUT2D eigenvalue weighted by molar-refractivity contribution is -0.384. The normalized spacial score (nSPS) is 12.8. The Balaban J connectivity index is 1.70. The number of hydrogen-bond donors (Lipinski definition) is 1. The summed E-state index contributed by atoms with van der Waals surface area (Å²) in [6, 6.07) is 8.09. The molecule has 120 valence electrons. The fraction of sp³-hybridized carbons (Fsp3) is 0.176. The Morgan fingerprint density at radius 1 is 1.33 bits per heavy atom. The van der Waals surface area contributed by atoms with E-state index < -0.39 is 4.92 Å². The van der Waals surface area contributed by atoms with Crippen molar-refractivity contribution in [2.24, 2.45) is 0 Å². The molecule has 0 spiro atoms. The first kappa shape index (κ1) is 15.9. The summed E-state index contributed by atoms with van der Waals surface area (Å²) in [6.45, 7) is 0. The third-order valence-corrected chi connectivity index (χ3v) is 5.01. The number of anilines is 1. The quantitative estimate of drug-likeness (QED) is 0.522. The van der Waals surface area contributed by atoms with Crippen LogP contribution in [0.25, 0.3) is 6.08 Å². The molecule has 3 rings (SSSR count). The van der Waals surface area contributed by atoms with E-state index in [2.05, 4.69) is 11.4 Å². The molecule has 0 fully saturated rings. The summed E-state index contributed by atoms with van der Waals surface area (Å²) in [7, 11) is 0. The van der Waals surface area contributed by atoms with Gasteiger partial charge < -0.3 is 5.32 Å². The van der Waals surface area contributed by atoms with Crippen LogP contribution in [-0.2, 0) is 17.6 Å². The van der Waals surface area contributed by atoms with Gasteiger partial charge in [0.2, 0.25) is 5.91 Å². The molecule has 0 aliphatic heterocycles. The van der Waals surface area contributed by atoms with Gasteiger partial charge in [0.25, 0.3) is 5.69 Å². The molecule has 1 heterocycles. The predicted molar refractivity (Wildman–Crippen MR) is 91.8 cm³/mol. The standard InChI is InChI=1S/C17H13N3O3S/c18-10-14-13-2-1-3-15(13)24-17(14)19-16(21)9-6-11-4-7-12(8-5-11)20(22)23/h4-9H,1-3H2,(H,19,21). The van der Waals surface area contributed by atoms with E-state index in [-0.39, 0.29) is 11.6 Å². The number of carbonyl (C=O) groups is 1. The third kappa shape index (κ3) is 3.19. The fourth-order valence-corrected chi connectivity index (χ4v) is 3.89. The Labute approximate surface area is 142 Å². The Hall–Kier alpha value is -2.98. The molecule has 24 heavy (non-hydrogen) atoms. The molecule has 1 aromatic carbocycles. The lowest BCUT2D eigenvalue weighted by Crippen LogP contribution is -2.07. The molecule has 7 heteroatoms. The highest BCUT2D eigenvalue weighted by Gasteiger charge is 2.22. The Bertz CT molecular complexity index is 876. The Morgan fingerprint density at radius 3 is 2.75 bits per heavy atom. The number of carbonyl (C=O) groups excluding carboxylic acids is 1. The van der Waals surface area contributed by atoms with Crippen LogP contribution in [0.15, 0.2) is 30.3 Å². The van der Waals surface area contributed by atoms with Crippen LogP contribution in [0, 0.1) is 21.4 Å². The van der Waals surface area contributed by atoms with Crippen molar-refractivity contribution >= 4 is 34.0 Å². The zero-order valence-electron chi connectivity index (χ0n) is 12.6. The van der Waals surface area contributed by atoms with Crippen molar-refractivity contribution in [1.29, 1.82) is 5.26 Å². The highest BCUT2D eigenvalue weighted by Crippen LogP contribution is 2.38. The molecule has 1 aliphatic rings. The van der Waals surface area contributed by atoms with Crippen LogP contribution in [0.4, 0.5) is 10.7 Å². The Kier molecular flexibility index (Phi) is 4.40. The highest BCUT2D eigenvalue weighted by molar-refractivity contribution is 7.16. The van der Waals surface area contributed by atoms with E-state index in [0.717, 1.165) is 24.8 Å². The van der Waals surface area contributed by atoms with Crippen molar-refractivity contribution in [2.45, 2.75) is 19.3 Å². The number of aryl methyl sites for hydroxylation is 1. The van der Waals surface area contributed by atoms with Gasteiger partial charge in [0, 0.05) is 23.1 Å². The topological polar surface area (TPSA) is 96.0 Å². The number of nitrogens with zero attached hydrogens (tertiary/aromatic N) is 2. The molecule has 0 saturated carbocycles. The third-order valence-electron chi connectivity index (χ3n) is 3.80. The van der Waals surface area contributed by atoms with Crippen molar-refractivity contribution in [3.8, 4) is 6.07 Å². The van der Waals surface area contributed by atoms with E-state index in [0.29, 0.717) is 16.1 Å². The molecule has 0 saturated heterocycles. The summed E-state index contributed by atoms with van der Waals surface area (Å²) < 4.78 is 0. The summed E-state index contributed by atoms with van der Waals surface area (Å²) in [5.41, 5.74) is 2.33. The van der Waals surface area contributed by atoms with Gasteiger partial charge in [0.15, 0.2) is 0 Å². The molecule has 1 aliphatic carbocycles. The van der Waals surface area contributed by atoms with E-state index in [4.69, 9.17) is 0 Å². The number of amides is 1. The summed E-state index contributed by atoms with van der Waals surface area (Å²) in [6.07, 6.45) is 5.84. The van der Waals surface area contributed by atoms with Gasteiger partial charge in [-0.3, -0.25) is 14.9 Å². The van der Waals surface area contributed by atoms with E-state index in [1.54, 1.807) is 18.2 Å². The second kappa shape index (κ2) is 6.64. The summed E-state index contributed by atoms with van der Waals surface area (Å²) in [5, 5.41) is 23.2. The molecule has 1 aromatic heterocycles. The van der Waals surface area contributed by atoms with Crippen LogP contribution >= 0.6 is 11.3 Å². The number of hydrogen-bond acceptors (Lipinski definition) is 5. The number of rotatable bonds is 4. The second-order valence-electron chi connectivity index (χ2n) is 5.34. The van der Waals surface area contributed by atoms with Crippen molar-refractivity contribution in [2.75, 3.05) is 5.32 Å². The lowest BCUT2D eigenvalue weighted by Gasteiger charge is -2.00. The van der Waals surface area contributed by atoms with Gasteiger partial charge in [0.05, 0.1) is 10.5 Å². The molecule has 0 radical (unpaired) electrons. The minimum atomic E-state index is -0.473. The van der Waals surface area contributed by atoms with Crippen LogP contribution < -0.4 is 5.32 Å². The SMILES string of the molecule is N#Cc1c(NC(=O)C=Cc2ccc([N+](=O)[O-])cc2)sc2c1CCC2.